The van der Waals surface area contributed by atoms with Crippen LogP contribution in [0.5, 0.6) is 0 Å². The number of thioether (sulfide) groups is 1. The number of nitrogens with two attached hydrogens (primary N) is 1. The van der Waals surface area contributed by atoms with Crippen LogP contribution in [0, 0.1) is 0 Å². The molecule has 0 aromatic carbocycles. The van der Waals surface area contributed by atoms with E-state index in [1.165, 1.54) is 10.4 Å². The second kappa shape index (κ2) is 7.12. The molecule has 0 radical (unpaired) electrons. The fraction of sp³-hybridized carbons (Fsp3) is 0.636. The van der Waals surface area contributed by atoms with Crippen LogP contribution >= 0.6 is 27.7 Å². The Kier molecular flexibility index (Phi) is 6.38. The van der Waals surface area contributed by atoms with Crippen LogP contribution in [-0.2, 0) is 16.6 Å². The van der Waals surface area contributed by atoms with Crippen molar-refractivity contribution in [1.82, 2.24) is 4.31 Å². The Hall–Kier alpha value is -0.0200. The molecule has 0 amide bonds. The van der Waals surface area contributed by atoms with Gasteiger partial charge in [0.1, 0.15) is 10.7 Å². The van der Waals surface area contributed by atoms with E-state index in [0.717, 1.165) is 12.2 Å². The molecule has 0 aliphatic rings. The van der Waals surface area contributed by atoms with Crippen molar-refractivity contribution in [2.45, 2.75) is 30.8 Å². The van der Waals surface area contributed by atoms with Crippen molar-refractivity contribution < 1.29 is 12.8 Å². The SMILES string of the molecule is CCC(CSC)N(C)S(=O)(=O)c1cc(CN)oc1Br. The van der Waals surface area contributed by atoms with Gasteiger partial charge in [0.25, 0.3) is 0 Å². The Morgan fingerprint density at radius 3 is 2.63 bits per heavy atom. The van der Waals surface area contributed by atoms with E-state index in [9.17, 15) is 8.42 Å². The zero-order valence-electron chi connectivity index (χ0n) is 11.2. The first kappa shape index (κ1) is 17.0. The van der Waals surface area contributed by atoms with Gasteiger partial charge in [-0.05, 0) is 28.6 Å². The first-order valence-electron chi connectivity index (χ1n) is 5.83. The molecule has 0 saturated heterocycles. The Bertz CT molecular complexity index is 516. The highest BCUT2D eigenvalue weighted by Crippen LogP contribution is 2.29. The maximum Gasteiger partial charge on any atom is 0.247 e. The van der Waals surface area contributed by atoms with Crippen molar-refractivity contribution in [2.75, 3.05) is 19.1 Å². The molecule has 1 aromatic rings. The Morgan fingerprint density at radius 2 is 2.21 bits per heavy atom. The minimum atomic E-state index is -3.57. The van der Waals surface area contributed by atoms with Gasteiger partial charge in [-0.3, -0.25) is 0 Å². The quantitative estimate of drug-likeness (QED) is 0.796. The zero-order chi connectivity index (χ0) is 14.6. The number of sulfonamides is 1. The van der Waals surface area contributed by atoms with Gasteiger partial charge >= 0.3 is 0 Å². The second-order valence-corrected chi connectivity index (χ2v) is 7.69. The summed E-state index contributed by atoms with van der Waals surface area (Å²) in [5.41, 5.74) is 5.46. The van der Waals surface area contributed by atoms with E-state index < -0.39 is 10.0 Å². The molecule has 110 valence electrons. The van der Waals surface area contributed by atoms with Crippen LogP contribution in [0.3, 0.4) is 0 Å². The van der Waals surface area contributed by atoms with Crippen molar-refractivity contribution in [3.63, 3.8) is 0 Å². The number of hydrogen-bond acceptors (Lipinski definition) is 5. The Morgan fingerprint density at radius 1 is 1.58 bits per heavy atom. The van der Waals surface area contributed by atoms with Gasteiger partial charge in [-0.2, -0.15) is 16.1 Å². The lowest BCUT2D eigenvalue weighted by atomic mass is 10.3. The summed E-state index contributed by atoms with van der Waals surface area (Å²) in [7, 11) is -1.97. The third kappa shape index (κ3) is 3.75. The van der Waals surface area contributed by atoms with Gasteiger partial charge in [0.15, 0.2) is 4.67 Å². The lowest BCUT2D eigenvalue weighted by Gasteiger charge is -2.25. The summed E-state index contributed by atoms with van der Waals surface area (Å²) in [6.45, 7) is 2.14. The summed E-state index contributed by atoms with van der Waals surface area (Å²) in [6.07, 6.45) is 2.72. The predicted octanol–water partition coefficient (Wildman–Crippen LogP) is 2.26. The average Bonchev–Trinajstić information content (AvgIpc) is 2.77. The van der Waals surface area contributed by atoms with Gasteiger partial charge in [0.05, 0.1) is 6.54 Å². The van der Waals surface area contributed by atoms with Crippen molar-refractivity contribution in [1.29, 1.82) is 0 Å². The molecule has 8 heteroatoms. The third-order valence-corrected chi connectivity index (χ3v) is 6.39. The number of nitrogens with zero attached hydrogens (tertiary/aromatic N) is 1. The van der Waals surface area contributed by atoms with E-state index in [0.29, 0.717) is 5.76 Å². The zero-order valence-corrected chi connectivity index (χ0v) is 14.4. The van der Waals surface area contributed by atoms with Crippen LogP contribution < -0.4 is 5.73 Å². The van der Waals surface area contributed by atoms with E-state index in [4.69, 9.17) is 10.2 Å². The predicted molar refractivity (Wildman–Crippen MR) is 81.7 cm³/mol. The van der Waals surface area contributed by atoms with Gasteiger partial charge < -0.3 is 10.2 Å². The molecule has 0 aliphatic carbocycles. The van der Waals surface area contributed by atoms with E-state index in [-0.39, 0.29) is 22.2 Å². The van der Waals surface area contributed by atoms with E-state index in [1.807, 2.05) is 13.2 Å². The van der Waals surface area contributed by atoms with Crippen molar-refractivity contribution >= 4 is 37.7 Å². The summed E-state index contributed by atoms with van der Waals surface area (Å²) in [5.74, 6) is 1.20. The van der Waals surface area contributed by atoms with Crippen LogP contribution in [0.4, 0.5) is 0 Å². The summed E-state index contributed by atoms with van der Waals surface area (Å²) in [5, 5.41) is 0. The minimum absolute atomic E-state index is 0.0388. The van der Waals surface area contributed by atoms with E-state index in [2.05, 4.69) is 15.9 Å². The lowest BCUT2D eigenvalue weighted by molar-refractivity contribution is 0.384. The van der Waals surface area contributed by atoms with Crippen molar-refractivity contribution in [3.8, 4) is 0 Å². The van der Waals surface area contributed by atoms with Crippen molar-refractivity contribution in [3.05, 3.63) is 16.5 Å². The highest BCUT2D eigenvalue weighted by atomic mass is 79.9. The van der Waals surface area contributed by atoms with Crippen LogP contribution in [0.2, 0.25) is 0 Å². The van der Waals surface area contributed by atoms with Gasteiger partial charge in [0, 0.05) is 24.9 Å². The Labute approximate surface area is 127 Å². The molecule has 0 bridgehead atoms. The summed E-state index contributed by atoms with van der Waals surface area (Å²) in [6, 6.07) is 1.44. The van der Waals surface area contributed by atoms with Gasteiger partial charge in [0.2, 0.25) is 10.0 Å². The van der Waals surface area contributed by atoms with Gasteiger partial charge in [-0.15, -0.1) is 0 Å². The topological polar surface area (TPSA) is 76.5 Å². The number of halogens is 1. The first-order chi connectivity index (χ1) is 8.88. The van der Waals surface area contributed by atoms with Crippen LogP contribution in [-0.4, -0.2) is 37.8 Å². The molecule has 0 fully saturated rings. The molecule has 1 unspecified atom stereocenters. The fourth-order valence-electron chi connectivity index (χ4n) is 1.70. The second-order valence-electron chi connectivity index (χ2n) is 4.09. The largest absolute Gasteiger partial charge is 0.452 e. The lowest BCUT2D eigenvalue weighted by Crippen LogP contribution is -2.38. The summed E-state index contributed by atoms with van der Waals surface area (Å²) in [4.78, 5) is 0.134. The van der Waals surface area contributed by atoms with E-state index in [1.54, 1.807) is 18.8 Å². The molecule has 1 rings (SSSR count). The third-order valence-electron chi connectivity index (χ3n) is 2.91. The van der Waals surface area contributed by atoms with Crippen molar-refractivity contribution in [2.24, 2.45) is 5.73 Å². The summed E-state index contributed by atoms with van der Waals surface area (Å²) >= 11 is 4.77. The molecule has 0 saturated carbocycles. The molecule has 0 spiro atoms. The molecular weight excluding hydrogens is 352 g/mol. The molecular formula is C11H19BrN2O3S2. The standard InChI is InChI=1S/C11H19BrN2O3S2/c1-4-8(7-18-3)14(2)19(15,16)10-5-9(6-13)17-11(10)12/h5,8H,4,6-7,13H2,1-3H3. The first-order valence-corrected chi connectivity index (χ1v) is 9.46. The smallest absolute Gasteiger partial charge is 0.247 e. The van der Waals surface area contributed by atoms with Crippen LogP contribution in [0.15, 0.2) is 20.0 Å². The molecule has 1 atom stereocenters. The van der Waals surface area contributed by atoms with E-state index >= 15 is 0 Å². The highest BCUT2D eigenvalue weighted by Gasteiger charge is 2.30. The number of furan rings is 1. The highest BCUT2D eigenvalue weighted by molar-refractivity contribution is 9.10. The fourth-order valence-corrected chi connectivity index (χ4v) is 5.02. The van der Waals surface area contributed by atoms with Gasteiger partial charge in [-0.25, -0.2) is 8.42 Å². The molecule has 5 nitrogen and oxygen atoms in total. The monoisotopic (exact) mass is 370 g/mol. The molecule has 0 aliphatic heterocycles. The van der Waals surface area contributed by atoms with Crippen LogP contribution in [0.1, 0.15) is 19.1 Å². The number of hydrogen-bond donors (Lipinski definition) is 1. The number of rotatable bonds is 7. The minimum Gasteiger partial charge on any atom is -0.452 e. The molecule has 2 N–H and O–H groups in total. The summed E-state index contributed by atoms with van der Waals surface area (Å²) < 4.78 is 32.0. The molecule has 1 aromatic heterocycles. The van der Waals surface area contributed by atoms with Gasteiger partial charge in [-0.1, -0.05) is 6.92 Å². The molecule has 19 heavy (non-hydrogen) atoms. The Balaban J connectivity index is 3.11. The van der Waals surface area contributed by atoms with Crippen LogP contribution in [0.25, 0.3) is 0 Å². The molecule has 1 heterocycles. The average molecular weight is 371 g/mol. The maximum atomic E-state index is 12.5. The normalized spacial score (nSPS) is 14.0. The maximum absolute atomic E-state index is 12.5.